The van der Waals surface area contributed by atoms with Crippen molar-refractivity contribution in [3.8, 4) is 6.07 Å². The van der Waals surface area contributed by atoms with Gasteiger partial charge in [0.25, 0.3) is 0 Å². The highest BCUT2D eigenvalue weighted by Crippen LogP contribution is 2.63. The Hall–Kier alpha value is -3.91. The first-order valence-corrected chi connectivity index (χ1v) is 17.0. The number of hydrogen-bond donors (Lipinski definition) is 2. The minimum Gasteiger partial charge on any atom is -0.449 e. The molecule has 6 rings (SSSR count). The summed E-state index contributed by atoms with van der Waals surface area (Å²) in [6.45, 7) is 2.95. The maximum atomic E-state index is 13.8. The molecule has 3 aromatic rings. The van der Waals surface area contributed by atoms with Crippen LogP contribution in [0.25, 0.3) is 0 Å². The number of rotatable bonds is 9. The van der Waals surface area contributed by atoms with Gasteiger partial charge >= 0.3 is 12.1 Å². The van der Waals surface area contributed by atoms with E-state index in [0.29, 0.717) is 42.5 Å². The molecular weight excluding hydrogens is 659 g/mol. The predicted octanol–water partition coefficient (Wildman–Crippen LogP) is 8.45. The number of anilines is 2. The molecule has 12 heteroatoms. The van der Waals surface area contributed by atoms with Gasteiger partial charge in [-0.2, -0.15) is 5.26 Å². The quantitative estimate of drug-likeness (QED) is 0.234. The zero-order valence-electron chi connectivity index (χ0n) is 26.4. The first-order chi connectivity index (χ1) is 23.1. The lowest BCUT2D eigenvalue weighted by Crippen LogP contribution is -2.49. The third-order valence-corrected chi connectivity index (χ3v) is 10.6. The van der Waals surface area contributed by atoms with E-state index in [1.165, 1.54) is 42.0 Å². The summed E-state index contributed by atoms with van der Waals surface area (Å²) >= 11 is 11.8. The van der Waals surface area contributed by atoms with Crippen molar-refractivity contribution in [3.63, 3.8) is 0 Å². The molecule has 3 aromatic carbocycles. The van der Waals surface area contributed by atoms with Crippen LogP contribution in [0.1, 0.15) is 49.7 Å². The van der Waals surface area contributed by atoms with Crippen LogP contribution in [0.2, 0.25) is 10.0 Å². The Morgan fingerprint density at radius 3 is 2.44 bits per heavy atom. The minimum atomic E-state index is -0.633. The molecular formula is C36H37Cl2F2N5O3. The van der Waals surface area contributed by atoms with E-state index >= 15 is 0 Å². The van der Waals surface area contributed by atoms with Crippen molar-refractivity contribution in [2.24, 2.45) is 11.8 Å². The zero-order chi connectivity index (χ0) is 33.8. The molecule has 4 atom stereocenters. The van der Waals surface area contributed by atoms with Gasteiger partial charge in [-0.15, -0.1) is 0 Å². The van der Waals surface area contributed by atoms with Crippen LogP contribution in [-0.4, -0.2) is 60.8 Å². The third-order valence-electron chi connectivity index (χ3n) is 10.0. The van der Waals surface area contributed by atoms with Crippen LogP contribution in [0.3, 0.4) is 0 Å². The first-order valence-electron chi connectivity index (χ1n) is 16.3. The van der Waals surface area contributed by atoms with Crippen molar-refractivity contribution in [2.75, 3.05) is 43.4 Å². The zero-order valence-corrected chi connectivity index (χ0v) is 27.9. The molecule has 3 aliphatic rings. The van der Waals surface area contributed by atoms with Crippen molar-refractivity contribution in [3.05, 3.63) is 93.5 Å². The van der Waals surface area contributed by atoms with Crippen molar-refractivity contribution in [2.45, 2.75) is 50.0 Å². The van der Waals surface area contributed by atoms with E-state index in [1.807, 2.05) is 23.1 Å². The second-order valence-corrected chi connectivity index (χ2v) is 13.9. The van der Waals surface area contributed by atoms with Gasteiger partial charge in [0.1, 0.15) is 11.6 Å². The van der Waals surface area contributed by atoms with Gasteiger partial charge in [-0.25, -0.2) is 18.4 Å². The van der Waals surface area contributed by atoms with Crippen molar-refractivity contribution >= 4 is 46.7 Å². The molecule has 1 heterocycles. The summed E-state index contributed by atoms with van der Waals surface area (Å²) in [5.41, 5.74) is 2.71. The summed E-state index contributed by atoms with van der Waals surface area (Å²) in [5.74, 6) is -0.573. The maximum Gasteiger partial charge on any atom is 0.411 e. The molecule has 0 bridgehead atoms. The topological polar surface area (TPSA) is 97.7 Å². The lowest BCUT2D eigenvalue weighted by atomic mass is 9.80. The van der Waals surface area contributed by atoms with Crippen LogP contribution < -0.4 is 10.6 Å². The van der Waals surface area contributed by atoms with E-state index in [0.717, 1.165) is 45.1 Å². The van der Waals surface area contributed by atoms with Crippen LogP contribution in [0.4, 0.5) is 29.7 Å². The Labute approximate surface area is 288 Å². The first kappa shape index (κ1) is 34.0. The number of carbonyl (C=O) groups excluding carboxylic acids is 2. The van der Waals surface area contributed by atoms with Crippen LogP contribution in [0.15, 0.2) is 60.7 Å². The highest BCUT2D eigenvalue weighted by Gasteiger charge is 2.58. The number of benzene rings is 3. The molecule has 252 valence electrons. The lowest BCUT2D eigenvalue weighted by Gasteiger charge is -2.39. The molecule has 48 heavy (non-hydrogen) atoms. The summed E-state index contributed by atoms with van der Waals surface area (Å²) in [6, 6.07) is 18.0. The number of carbonyl (C=O) groups is 2. The van der Waals surface area contributed by atoms with Gasteiger partial charge in [0, 0.05) is 43.0 Å². The second kappa shape index (κ2) is 14.7. The smallest absolute Gasteiger partial charge is 0.411 e. The third kappa shape index (κ3) is 7.86. The number of piperidine rings is 1. The average molecular weight is 697 g/mol. The van der Waals surface area contributed by atoms with E-state index in [2.05, 4.69) is 27.7 Å². The number of likely N-dealkylation sites (tertiary alicyclic amines) is 1. The normalized spacial score (nSPS) is 23.4. The summed E-state index contributed by atoms with van der Waals surface area (Å²) in [6.07, 6.45) is 4.86. The number of fused-ring (bicyclic) bond motifs is 1. The van der Waals surface area contributed by atoms with Crippen molar-refractivity contribution in [1.82, 2.24) is 9.80 Å². The predicted molar refractivity (Wildman–Crippen MR) is 181 cm³/mol. The van der Waals surface area contributed by atoms with Crippen LogP contribution >= 0.6 is 23.2 Å². The number of halogens is 4. The summed E-state index contributed by atoms with van der Waals surface area (Å²) in [5, 5.41) is 14.8. The van der Waals surface area contributed by atoms with Gasteiger partial charge in [-0.1, -0.05) is 35.3 Å². The number of nitrogens with zero attached hydrogens (tertiary/aromatic N) is 3. The Morgan fingerprint density at radius 1 is 1.02 bits per heavy atom. The van der Waals surface area contributed by atoms with Gasteiger partial charge in [-0.3, -0.25) is 5.32 Å². The molecule has 3 amide bonds. The molecule has 8 nitrogen and oxygen atoms in total. The van der Waals surface area contributed by atoms with Crippen molar-refractivity contribution < 1.29 is 23.1 Å². The number of urea groups is 1. The molecule has 0 aromatic heterocycles. The highest BCUT2D eigenvalue weighted by molar-refractivity contribution is 6.31. The Morgan fingerprint density at radius 2 is 1.75 bits per heavy atom. The van der Waals surface area contributed by atoms with Crippen molar-refractivity contribution in [1.29, 1.82) is 5.26 Å². The van der Waals surface area contributed by atoms with Gasteiger partial charge in [0.15, 0.2) is 0 Å². The van der Waals surface area contributed by atoms with Crippen LogP contribution in [0.5, 0.6) is 0 Å². The molecule has 0 spiro atoms. The monoisotopic (exact) mass is 695 g/mol. The molecule has 2 N–H and O–H groups in total. The highest BCUT2D eigenvalue weighted by atomic mass is 35.5. The number of amides is 3. The molecule has 2 aliphatic carbocycles. The Balaban J connectivity index is 1.07. The average Bonchev–Trinajstić information content (AvgIpc) is 3.83. The molecule has 2 unspecified atom stereocenters. The van der Waals surface area contributed by atoms with Gasteiger partial charge < -0.3 is 19.9 Å². The van der Waals surface area contributed by atoms with E-state index < -0.39 is 17.7 Å². The van der Waals surface area contributed by atoms with Gasteiger partial charge in [0.05, 0.1) is 28.3 Å². The fourth-order valence-electron chi connectivity index (χ4n) is 7.43. The summed E-state index contributed by atoms with van der Waals surface area (Å²) in [4.78, 5) is 30.4. The van der Waals surface area contributed by atoms with Gasteiger partial charge in [-0.05, 0) is 110 Å². The second-order valence-electron chi connectivity index (χ2n) is 13.1. The summed E-state index contributed by atoms with van der Waals surface area (Å²) in [7, 11) is 0. The number of nitrogens with one attached hydrogen (secondary N) is 2. The van der Waals surface area contributed by atoms with Crippen LogP contribution in [-0.2, 0) is 10.2 Å². The van der Waals surface area contributed by atoms with E-state index in [-0.39, 0.29) is 40.1 Å². The van der Waals surface area contributed by atoms with Crippen LogP contribution in [0, 0.1) is 34.8 Å². The molecule has 0 radical (unpaired) electrons. The number of nitriles is 1. The SMILES string of the molecule is N#Cc1cccc([C@]23CC[C@@H](N(CCN4CCCC(COC(=O)Nc5ccc(F)c(Cl)c5)C4)C(=O)Nc4ccc(F)c(Cl)c4)CC2C3)c1. The maximum absolute atomic E-state index is 13.8. The number of hydrogen-bond acceptors (Lipinski definition) is 5. The number of ether oxygens (including phenoxy) is 1. The van der Waals surface area contributed by atoms with E-state index in [9.17, 15) is 23.6 Å². The summed E-state index contributed by atoms with van der Waals surface area (Å²) < 4.78 is 32.7. The minimum absolute atomic E-state index is 0.0216. The van der Waals surface area contributed by atoms with E-state index in [1.54, 1.807) is 0 Å². The molecule has 1 saturated heterocycles. The molecule has 1 aliphatic heterocycles. The van der Waals surface area contributed by atoms with Gasteiger partial charge in [0.2, 0.25) is 0 Å². The van der Waals surface area contributed by atoms with E-state index in [4.69, 9.17) is 27.9 Å². The standard InChI is InChI=1S/C36H37Cl2F2N5O3/c37-30-17-27(6-8-32(30)39)42-34(46)45(29-10-11-36(19-26(36)16-29)25-5-1-3-23(15-25)20-41)14-13-44-12-2-4-24(21-44)22-48-35(47)43-28-7-9-33(40)31(38)18-28/h1,3,5-9,15,17-18,24,26,29H,2,4,10-14,16,19,21-22H2,(H,42,46)(H,43,47)/t24?,26?,29-,36-/m1/s1. The Kier molecular flexibility index (Phi) is 10.4. The largest absolute Gasteiger partial charge is 0.449 e. The fraction of sp³-hybridized carbons (Fsp3) is 0.417. The molecule has 3 fully saturated rings. The molecule has 2 saturated carbocycles. The lowest BCUT2D eigenvalue weighted by molar-refractivity contribution is 0.0876. The fourth-order valence-corrected chi connectivity index (χ4v) is 7.79. The Bertz CT molecular complexity index is 1720.